The van der Waals surface area contributed by atoms with E-state index in [1.807, 2.05) is 6.20 Å². The number of benzene rings is 1. The molecule has 2 N–H and O–H groups in total. The van der Waals surface area contributed by atoms with Gasteiger partial charge < -0.3 is 5.73 Å². The standard InChI is InChI=1S/C13H16N2/c1-10-7-12-8-11(3-2-6-14)4-5-13(12)15-9-10/h4-5,7-9H,2-3,6,14H2,1H3. The highest BCUT2D eigenvalue weighted by Gasteiger charge is 1.97. The maximum Gasteiger partial charge on any atom is 0.0702 e. The van der Waals surface area contributed by atoms with Gasteiger partial charge in [0, 0.05) is 11.6 Å². The molecule has 0 aliphatic rings. The highest BCUT2D eigenvalue weighted by Crippen LogP contribution is 2.16. The molecular formula is C13H16N2. The molecule has 1 aromatic carbocycles. The molecule has 0 radical (unpaired) electrons. The van der Waals surface area contributed by atoms with Crippen LogP contribution in [-0.2, 0) is 6.42 Å². The van der Waals surface area contributed by atoms with E-state index in [1.54, 1.807) is 0 Å². The van der Waals surface area contributed by atoms with Crippen molar-refractivity contribution in [3.05, 3.63) is 41.6 Å². The highest BCUT2D eigenvalue weighted by molar-refractivity contribution is 5.79. The van der Waals surface area contributed by atoms with E-state index in [-0.39, 0.29) is 0 Å². The number of fused-ring (bicyclic) bond motifs is 1. The first-order chi connectivity index (χ1) is 7.29. The Kier molecular flexibility index (Phi) is 2.97. The Labute approximate surface area is 90.1 Å². The lowest BCUT2D eigenvalue weighted by Crippen LogP contribution is -2.00. The third kappa shape index (κ3) is 2.34. The van der Waals surface area contributed by atoms with Gasteiger partial charge >= 0.3 is 0 Å². The maximum atomic E-state index is 5.50. The SMILES string of the molecule is Cc1cnc2ccc(CCCN)cc2c1. The number of aryl methyl sites for hydroxylation is 2. The van der Waals surface area contributed by atoms with Crippen molar-refractivity contribution >= 4 is 10.9 Å². The van der Waals surface area contributed by atoms with Gasteiger partial charge in [-0.2, -0.15) is 0 Å². The Morgan fingerprint density at radius 2 is 2.13 bits per heavy atom. The second-order valence-corrected chi connectivity index (χ2v) is 3.93. The van der Waals surface area contributed by atoms with E-state index in [9.17, 15) is 0 Å². The van der Waals surface area contributed by atoms with Gasteiger partial charge in [0.05, 0.1) is 5.52 Å². The van der Waals surface area contributed by atoms with Crippen LogP contribution in [0.15, 0.2) is 30.5 Å². The number of aromatic nitrogens is 1. The lowest BCUT2D eigenvalue weighted by Gasteiger charge is -2.03. The normalized spacial score (nSPS) is 10.8. The summed E-state index contributed by atoms with van der Waals surface area (Å²) in [6.07, 6.45) is 4.01. The third-order valence-electron chi connectivity index (χ3n) is 2.55. The third-order valence-corrected chi connectivity index (χ3v) is 2.55. The number of hydrogen-bond acceptors (Lipinski definition) is 2. The van der Waals surface area contributed by atoms with E-state index in [2.05, 4.69) is 36.2 Å². The van der Waals surface area contributed by atoms with Gasteiger partial charge in [0.25, 0.3) is 0 Å². The first kappa shape index (κ1) is 10.1. The van der Waals surface area contributed by atoms with E-state index < -0.39 is 0 Å². The van der Waals surface area contributed by atoms with Gasteiger partial charge in [-0.25, -0.2) is 0 Å². The van der Waals surface area contributed by atoms with Gasteiger partial charge in [0.15, 0.2) is 0 Å². The molecule has 2 heteroatoms. The molecule has 2 rings (SSSR count). The van der Waals surface area contributed by atoms with Gasteiger partial charge in [-0.1, -0.05) is 6.07 Å². The van der Waals surface area contributed by atoms with Crippen LogP contribution < -0.4 is 5.73 Å². The summed E-state index contributed by atoms with van der Waals surface area (Å²) in [6.45, 7) is 2.82. The van der Waals surface area contributed by atoms with Gasteiger partial charge in [0.1, 0.15) is 0 Å². The van der Waals surface area contributed by atoms with Gasteiger partial charge in [0.2, 0.25) is 0 Å². The molecule has 0 spiro atoms. The second-order valence-electron chi connectivity index (χ2n) is 3.93. The maximum absolute atomic E-state index is 5.50. The number of rotatable bonds is 3. The Hall–Kier alpha value is -1.41. The molecule has 15 heavy (non-hydrogen) atoms. The summed E-state index contributed by atoms with van der Waals surface area (Å²) < 4.78 is 0. The molecule has 2 nitrogen and oxygen atoms in total. The van der Waals surface area contributed by atoms with Crippen LogP contribution in [0.25, 0.3) is 10.9 Å². The van der Waals surface area contributed by atoms with Gasteiger partial charge in [-0.05, 0) is 55.6 Å². The molecule has 0 aliphatic heterocycles. The molecule has 78 valence electrons. The van der Waals surface area contributed by atoms with Crippen LogP contribution >= 0.6 is 0 Å². The lowest BCUT2D eigenvalue weighted by atomic mass is 10.1. The van der Waals surface area contributed by atoms with Crippen LogP contribution in [0.2, 0.25) is 0 Å². The lowest BCUT2D eigenvalue weighted by molar-refractivity contribution is 0.833. The molecule has 0 bridgehead atoms. The Morgan fingerprint density at radius 3 is 2.93 bits per heavy atom. The molecule has 0 atom stereocenters. The van der Waals surface area contributed by atoms with Crippen LogP contribution in [0.1, 0.15) is 17.5 Å². The van der Waals surface area contributed by atoms with E-state index in [1.165, 1.54) is 16.5 Å². The predicted molar refractivity (Wildman–Crippen MR) is 63.9 cm³/mol. The van der Waals surface area contributed by atoms with E-state index in [4.69, 9.17) is 5.73 Å². The summed E-state index contributed by atoms with van der Waals surface area (Å²) in [5, 5.41) is 1.23. The quantitative estimate of drug-likeness (QED) is 0.826. The first-order valence-corrected chi connectivity index (χ1v) is 5.35. The minimum Gasteiger partial charge on any atom is -0.330 e. The van der Waals surface area contributed by atoms with Crippen LogP contribution in [0.5, 0.6) is 0 Å². The summed E-state index contributed by atoms with van der Waals surface area (Å²) in [5.74, 6) is 0. The molecule has 0 saturated carbocycles. The van der Waals surface area contributed by atoms with Crippen molar-refractivity contribution in [1.29, 1.82) is 0 Å². The fourth-order valence-electron chi connectivity index (χ4n) is 1.75. The zero-order valence-electron chi connectivity index (χ0n) is 9.03. The topological polar surface area (TPSA) is 38.9 Å². The average molecular weight is 200 g/mol. The summed E-state index contributed by atoms with van der Waals surface area (Å²) in [7, 11) is 0. The zero-order valence-corrected chi connectivity index (χ0v) is 9.03. The fraction of sp³-hybridized carbons (Fsp3) is 0.308. The Balaban J connectivity index is 2.36. The van der Waals surface area contributed by atoms with Gasteiger partial charge in [-0.3, -0.25) is 4.98 Å². The van der Waals surface area contributed by atoms with Crippen molar-refractivity contribution in [3.8, 4) is 0 Å². The minimum absolute atomic E-state index is 0.754. The Bertz CT molecular complexity index is 463. The molecule has 1 aromatic heterocycles. The second kappa shape index (κ2) is 4.41. The minimum atomic E-state index is 0.754. The summed E-state index contributed by atoms with van der Waals surface area (Å²) in [6, 6.07) is 8.61. The zero-order chi connectivity index (χ0) is 10.7. The first-order valence-electron chi connectivity index (χ1n) is 5.35. The Morgan fingerprint density at radius 1 is 1.27 bits per heavy atom. The smallest absolute Gasteiger partial charge is 0.0702 e. The summed E-state index contributed by atoms with van der Waals surface area (Å²) in [5.41, 5.74) is 9.12. The molecule has 2 aromatic rings. The van der Waals surface area contributed by atoms with E-state index >= 15 is 0 Å². The molecule has 0 saturated heterocycles. The molecule has 0 fully saturated rings. The van der Waals surface area contributed by atoms with Crippen molar-refractivity contribution in [3.63, 3.8) is 0 Å². The van der Waals surface area contributed by atoms with Crippen molar-refractivity contribution in [2.75, 3.05) is 6.54 Å². The van der Waals surface area contributed by atoms with Crippen LogP contribution in [0, 0.1) is 6.92 Å². The molecule has 0 aliphatic carbocycles. The van der Waals surface area contributed by atoms with Crippen molar-refractivity contribution in [2.45, 2.75) is 19.8 Å². The van der Waals surface area contributed by atoms with Crippen LogP contribution in [0.3, 0.4) is 0 Å². The van der Waals surface area contributed by atoms with Crippen molar-refractivity contribution < 1.29 is 0 Å². The number of nitrogens with two attached hydrogens (primary N) is 1. The van der Waals surface area contributed by atoms with E-state index in [0.29, 0.717) is 0 Å². The fourth-order valence-corrected chi connectivity index (χ4v) is 1.75. The molecule has 1 heterocycles. The monoisotopic (exact) mass is 200 g/mol. The largest absolute Gasteiger partial charge is 0.330 e. The summed E-state index contributed by atoms with van der Waals surface area (Å²) in [4.78, 5) is 4.38. The van der Waals surface area contributed by atoms with Crippen LogP contribution in [-0.4, -0.2) is 11.5 Å². The van der Waals surface area contributed by atoms with E-state index in [0.717, 1.165) is 24.9 Å². The number of pyridine rings is 1. The molecular weight excluding hydrogens is 184 g/mol. The molecule has 0 amide bonds. The predicted octanol–water partition coefficient (Wildman–Crippen LogP) is 2.43. The summed E-state index contributed by atoms with van der Waals surface area (Å²) >= 11 is 0. The highest BCUT2D eigenvalue weighted by atomic mass is 14.6. The van der Waals surface area contributed by atoms with Crippen molar-refractivity contribution in [1.82, 2.24) is 4.98 Å². The number of nitrogens with zero attached hydrogens (tertiary/aromatic N) is 1. The van der Waals surface area contributed by atoms with Crippen LogP contribution in [0.4, 0.5) is 0 Å². The average Bonchev–Trinajstić information content (AvgIpc) is 2.25. The molecule has 0 unspecified atom stereocenters. The van der Waals surface area contributed by atoms with Gasteiger partial charge in [-0.15, -0.1) is 0 Å². The van der Waals surface area contributed by atoms with Crippen molar-refractivity contribution in [2.24, 2.45) is 5.73 Å². The number of hydrogen-bond donors (Lipinski definition) is 1.